The molecule has 7 rings (SSSR count). The number of anilines is 1. The number of methoxy groups -OCH3 is 1. The van der Waals surface area contributed by atoms with Gasteiger partial charge in [0.1, 0.15) is 17.0 Å². The molecule has 0 spiro atoms. The van der Waals surface area contributed by atoms with Crippen molar-refractivity contribution < 1.29 is 23.2 Å². The zero-order valence-corrected chi connectivity index (χ0v) is 24.7. The van der Waals surface area contributed by atoms with Gasteiger partial charge in [0.15, 0.2) is 10.9 Å². The topological polar surface area (TPSA) is 77.7 Å². The Morgan fingerprint density at radius 1 is 1.15 bits per heavy atom. The summed E-state index contributed by atoms with van der Waals surface area (Å²) in [6.07, 6.45) is 5.25. The highest BCUT2D eigenvalue weighted by atomic mass is 35.5. The number of halogens is 3. The number of benzene rings is 2. The lowest BCUT2D eigenvalue weighted by Crippen LogP contribution is -2.28. The second-order valence-corrected chi connectivity index (χ2v) is 13.0. The number of fused-ring (bicyclic) bond motifs is 2. The number of hydrogen-bond donors (Lipinski definition) is 0. The smallest absolute Gasteiger partial charge is 0.338 e. The summed E-state index contributed by atoms with van der Waals surface area (Å²) >= 11 is 14.5. The van der Waals surface area contributed by atoms with E-state index in [2.05, 4.69) is 15.0 Å². The predicted molar refractivity (Wildman–Crippen MR) is 156 cm³/mol. The third-order valence-corrected chi connectivity index (χ3v) is 10.3. The fourth-order valence-corrected chi connectivity index (χ4v) is 7.91. The molecule has 3 atom stereocenters. The molecule has 2 aliphatic carbocycles. The number of ether oxygens (including phenoxy) is 2. The van der Waals surface area contributed by atoms with Crippen LogP contribution in [0.2, 0.25) is 10.0 Å². The second-order valence-electron chi connectivity index (χ2n) is 11.2. The van der Waals surface area contributed by atoms with Gasteiger partial charge in [-0.3, -0.25) is 0 Å². The summed E-state index contributed by atoms with van der Waals surface area (Å²) in [6, 6.07) is 8.29. The lowest BCUT2D eigenvalue weighted by atomic mass is 9.80. The molecule has 3 fully saturated rings. The van der Waals surface area contributed by atoms with Crippen LogP contribution >= 0.6 is 34.5 Å². The van der Waals surface area contributed by atoms with Crippen molar-refractivity contribution in [3.05, 3.63) is 63.1 Å². The Morgan fingerprint density at radius 3 is 2.68 bits per heavy atom. The minimum atomic E-state index is -0.559. The average molecular weight is 617 g/mol. The van der Waals surface area contributed by atoms with Crippen LogP contribution < -0.4 is 4.90 Å². The molecule has 0 N–H and O–H groups in total. The number of rotatable bonds is 7. The minimum Gasteiger partial charge on any atom is -0.465 e. The lowest BCUT2D eigenvalue weighted by Gasteiger charge is -2.30. The molecule has 0 unspecified atom stereocenters. The van der Waals surface area contributed by atoms with Crippen molar-refractivity contribution in [3.8, 4) is 11.3 Å². The first-order chi connectivity index (χ1) is 19.9. The Balaban J connectivity index is 1.05. The van der Waals surface area contributed by atoms with Gasteiger partial charge in [-0.25, -0.2) is 14.2 Å². The number of thiazole rings is 1. The van der Waals surface area contributed by atoms with E-state index in [-0.39, 0.29) is 11.7 Å². The van der Waals surface area contributed by atoms with Crippen LogP contribution in [0.5, 0.6) is 0 Å². The van der Waals surface area contributed by atoms with Crippen LogP contribution in [0.3, 0.4) is 0 Å². The quantitative estimate of drug-likeness (QED) is 0.196. The Hall–Kier alpha value is -2.72. The molecule has 1 saturated heterocycles. The molecule has 0 amide bonds. The summed E-state index contributed by atoms with van der Waals surface area (Å²) < 4.78 is 32.5. The molecule has 2 saturated carbocycles. The third-order valence-electron chi connectivity index (χ3n) is 8.56. The number of nitrogens with zero attached hydrogens (tertiary/aromatic N) is 3. The molecule has 11 heteroatoms. The second kappa shape index (κ2) is 10.8. The summed E-state index contributed by atoms with van der Waals surface area (Å²) in [5.41, 5.74) is 2.79. The van der Waals surface area contributed by atoms with Crippen molar-refractivity contribution in [2.45, 2.75) is 50.7 Å². The van der Waals surface area contributed by atoms with E-state index in [1.165, 1.54) is 24.5 Å². The highest BCUT2D eigenvalue weighted by Crippen LogP contribution is 2.47. The van der Waals surface area contributed by atoms with Crippen molar-refractivity contribution in [3.63, 3.8) is 0 Å². The molecule has 3 aliphatic rings. The molecule has 4 aromatic rings. The fraction of sp³-hybridized carbons (Fsp3) is 0.433. The van der Waals surface area contributed by atoms with Crippen LogP contribution in [0.1, 0.15) is 59.7 Å². The molecule has 2 aromatic carbocycles. The largest absolute Gasteiger partial charge is 0.465 e. The van der Waals surface area contributed by atoms with E-state index >= 15 is 0 Å². The number of carbonyl (C=O) groups is 1. The van der Waals surface area contributed by atoms with Crippen molar-refractivity contribution in [1.82, 2.24) is 10.1 Å². The van der Waals surface area contributed by atoms with Gasteiger partial charge in [-0.1, -0.05) is 45.8 Å². The SMILES string of the molecule is COC(=O)c1cc(F)c2nc(N3C[C@H]4C[C@H](OCc5c(-c6c(Cl)cccc6Cl)noc5C5CC5)CC[C@H]4C3)sc2c1. The Morgan fingerprint density at radius 2 is 1.93 bits per heavy atom. The first kappa shape index (κ1) is 27.1. The van der Waals surface area contributed by atoms with Crippen LogP contribution in [0.25, 0.3) is 21.5 Å². The van der Waals surface area contributed by atoms with E-state index < -0.39 is 11.8 Å². The molecule has 1 aliphatic heterocycles. The molecule has 0 radical (unpaired) electrons. The van der Waals surface area contributed by atoms with Crippen molar-refractivity contribution in [2.75, 3.05) is 25.1 Å². The maximum Gasteiger partial charge on any atom is 0.338 e. The van der Waals surface area contributed by atoms with Gasteiger partial charge in [0.05, 0.1) is 40.1 Å². The number of esters is 1. The maximum absolute atomic E-state index is 14.7. The van der Waals surface area contributed by atoms with E-state index in [4.69, 9.17) is 37.2 Å². The van der Waals surface area contributed by atoms with Gasteiger partial charge >= 0.3 is 5.97 Å². The number of carbonyl (C=O) groups excluding carboxylic acids is 1. The normalized spacial score (nSPS) is 22.3. The van der Waals surface area contributed by atoms with Gasteiger partial charge in [0, 0.05) is 30.1 Å². The highest BCUT2D eigenvalue weighted by molar-refractivity contribution is 7.22. The van der Waals surface area contributed by atoms with E-state index in [0.717, 1.165) is 61.6 Å². The lowest BCUT2D eigenvalue weighted by molar-refractivity contribution is -0.00495. The minimum absolute atomic E-state index is 0.114. The first-order valence-corrected chi connectivity index (χ1v) is 15.4. The van der Waals surface area contributed by atoms with Crippen LogP contribution in [-0.4, -0.2) is 42.4 Å². The van der Waals surface area contributed by atoms with E-state index in [9.17, 15) is 9.18 Å². The number of hydrogen-bond acceptors (Lipinski definition) is 8. The van der Waals surface area contributed by atoms with E-state index in [1.807, 2.05) is 18.2 Å². The molecule has 214 valence electrons. The average Bonchev–Trinajstić information content (AvgIpc) is 3.37. The summed E-state index contributed by atoms with van der Waals surface area (Å²) in [6.45, 7) is 2.13. The Labute approximate surface area is 250 Å². The fourth-order valence-electron chi connectivity index (χ4n) is 6.29. The summed E-state index contributed by atoms with van der Waals surface area (Å²) in [7, 11) is 1.29. The van der Waals surface area contributed by atoms with Crippen molar-refractivity contribution >= 4 is 55.9 Å². The van der Waals surface area contributed by atoms with Gasteiger partial charge in [-0.15, -0.1) is 0 Å². The highest BCUT2D eigenvalue weighted by Gasteiger charge is 2.40. The van der Waals surface area contributed by atoms with Gasteiger partial charge < -0.3 is 18.9 Å². The summed E-state index contributed by atoms with van der Waals surface area (Å²) in [5.74, 6) is 1.18. The van der Waals surface area contributed by atoms with Crippen molar-refractivity contribution in [1.29, 1.82) is 0 Å². The molecular weight excluding hydrogens is 588 g/mol. The molecule has 0 bridgehead atoms. The Kier molecular flexibility index (Phi) is 7.17. The predicted octanol–water partition coefficient (Wildman–Crippen LogP) is 7.88. The van der Waals surface area contributed by atoms with E-state index in [1.54, 1.807) is 6.07 Å². The molecule has 7 nitrogen and oxygen atoms in total. The van der Waals surface area contributed by atoms with Crippen LogP contribution in [-0.2, 0) is 16.1 Å². The van der Waals surface area contributed by atoms with E-state index in [0.29, 0.717) is 55.9 Å². The standard InChI is InChI=1S/C30H28Cl2FN3O4S/c1-38-29(37)17-10-23(33)27-24(11-17)41-30(34-27)36-12-16-7-8-19(9-18(16)13-36)39-14-20-26(35-40-28(20)15-5-6-15)25-21(31)3-2-4-22(25)32/h2-4,10-11,15-16,18-19H,5-9,12-14H2,1H3/t16-,18+,19+/m0/s1. The van der Waals surface area contributed by atoms with Gasteiger partial charge in [0.25, 0.3) is 0 Å². The summed E-state index contributed by atoms with van der Waals surface area (Å²) in [5, 5.41) is 6.25. The number of aromatic nitrogens is 2. The van der Waals surface area contributed by atoms with Gasteiger partial charge in [0.2, 0.25) is 0 Å². The maximum atomic E-state index is 14.7. The zero-order valence-electron chi connectivity index (χ0n) is 22.4. The van der Waals surface area contributed by atoms with Crippen molar-refractivity contribution in [2.24, 2.45) is 11.8 Å². The van der Waals surface area contributed by atoms with Gasteiger partial charge in [-0.2, -0.15) is 0 Å². The van der Waals surface area contributed by atoms with Crippen LogP contribution in [0.4, 0.5) is 9.52 Å². The monoisotopic (exact) mass is 615 g/mol. The molecule has 41 heavy (non-hydrogen) atoms. The summed E-state index contributed by atoms with van der Waals surface area (Å²) in [4.78, 5) is 18.8. The molecule has 2 aromatic heterocycles. The van der Waals surface area contributed by atoms with Crippen LogP contribution in [0, 0.1) is 17.7 Å². The molecular formula is C30H28Cl2FN3O4S. The zero-order chi connectivity index (χ0) is 28.2. The Bertz CT molecular complexity index is 1620. The van der Waals surface area contributed by atoms with Crippen LogP contribution in [0.15, 0.2) is 34.9 Å². The third kappa shape index (κ3) is 5.11. The first-order valence-electron chi connectivity index (χ1n) is 13.9. The molecule has 3 heterocycles. The van der Waals surface area contributed by atoms with Gasteiger partial charge in [-0.05, 0) is 68.2 Å².